The summed E-state index contributed by atoms with van der Waals surface area (Å²) in [7, 11) is 2.84. The van der Waals surface area contributed by atoms with Crippen molar-refractivity contribution in [3.05, 3.63) is 0 Å². The quantitative estimate of drug-likeness (QED) is 0.652. The van der Waals surface area contributed by atoms with Crippen LogP contribution in [-0.2, 0) is 19.1 Å². The Kier molecular flexibility index (Phi) is 11.4. The van der Waals surface area contributed by atoms with Crippen molar-refractivity contribution in [3.8, 4) is 0 Å². The van der Waals surface area contributed by atoms with E-state index in [2.05, 4.69) is 9.47 Å². The molecule has 12 heavy (non-hydrogen) atoms. The van der Waals surface area contributed by atoms with Gasteiger partial charge in [0.05, 0.1) is 0 Å². The van der Waals surface area contributed by atoms with Crippen molar-refractivity contribution in [2.24, 2.45) is 0 Å². The normalized spacial score (nSPS) is 8.25. The first kappa shape index (κ1) is 13.6. The fourth-order valence-electron chi connectivity index (χ4n) is 0.327. The van der Waals surface area contributed by atoms with Gasteiger partial charge < -0.3 is 14.6 Å². The summed E-state index contributed by atoms with van der Waals surface area (Å²) in [5.74, 6) is -0.866. The van der Waals surface area contributed by atoms with Crippen LogP contribution >= 0.6 is 0 Å². The Morgan fingerprint density at radius 1 is 1.17 bits per heavy atom. The molecule has 0 aromatic carbocycles. The van der Waals surface area contributed by atoms with Crippen LogP contribution in [0.2, 0.25) is 0 Å². The first-order valence-electron chi connectivity index (χ1n) is 3.23. The van der Waals surface area contributed by atoms with Gasteiger partial charge in [0.25, 0.3) is 0 Å². The van der Waals surface area contributed by atoms with Gasteiger partial charge in [0.1, 0.15) is 13.2 Å². The predicted octanol–water partition coefficient (Wildman–Crippen LogP) is -0.0608. The highest BCUT2D eigenvalue weighted by Crippen LogP contribution is 1.66. The van der Waals surface area contributed by atoms with E-state index in [-0.39, 0.29) is 19.0 Å². The molecular formula is C7H14O5. The minimum atomic E-state index is -0.933. The van der Waals surface area contributed by atoms with Crippen LogP contribution in [0, 0.1) is 0 Å². The Labute approximate surface area is 71.3 Å². The molecule has 72 valence electrons. The van der Waals surface area contributed by atoms with Gasteiger partial charge in [-0.3, -0.25) is 4.79 Å². The Bertz CT molecular complexity index is 116. The van der Waals surface area contributed by atoms with Crippen LogP contribution in [0.15, 0.2) is 0 Å². The summed E-state index contributed by atoms with van der Waals surface area (Å²) in [6, 6.07) is 0. The molecule has 5 nitrogen and oxygen atoms in total. The highest BCUT2D eigenvalue weighted by molar-refractivity contribution is 5.76. The number of ketones is 1. The summed E-state index contributed by atoms with van der Waals surface area (Å²) in [5.41, 5.74) is 0. The topological polar surface area (TPSA) is 72.8 Å². The van der Waals surface area contributed by atoms with Crippen LogP contribution in [0.25, 0.3) is 0 Å². The minimum absolute atomic E-state index is 0.0671. The van der Waals surface area contributed by atoms with Gasteiger partial charge in [-0.2, -0.15) is 0 Å². The molecule has 0 amide bonds. The fraction of sp³-hybridized carbons (Fsp3) is 0.714. The van der Waals surface area contributed by atoms with Crippen molar-refractivity contribution in [1.29, 1.82) is 0 Å². The highest BCUT2D eigenvalue weighted by Gasteiger charge is 1.87. The maximum Gasteiger partial charge on any atom is 0.329 e. The standard InChI is InChI=1S/C4H8O2.C3H6O3/c1-4(5)3-6-2;1-6-2-3(4)5/h3H2,1-2H3;2H2,1H3,(H,4,5). The second kappa shape index (κ2) is 10.1. The van der Waals surface area contributed by atoms with Gasteiger partial charge in [-0.25, -0.2) is 4.79 Å². The van der Waals surface area contributed by atoms with E-state index in [9.17, 15) is 9.59 Å². The van der Waals surface area contributed by atoms with E-state index in [1.165, 1.54) is 21.1 Å². The van der Waals surface area contributed by atoms with E-state index in [1.54, 1.807) is 0 Å². The number of aliphatic carboxylic acids is 1. The molecule has 0 saturated heterocycles. The second-order valence-corrected chi connectivity index (χ2v) is 1.96. The molecule has 0 heterocycles. The lowest BCUT2D eigenvalue weighted by Crippen LogP contribution is -2.02. The number of methoxy groups -OCH3 is 2. The van der Waals surface area contributed by atoms with Gasteiger partial charge in [-0.15, -0.1) is 0 Å². The summed E-state index contributed by atoms with van der Waals surface area (Å²) in [6.07, 6.45) is 0. The molecule has 0 aromatic heterocycles. The molecule has 0 saturated carbocycles. The third-order valence-electron chi connectivity index (χ3n) is 0.615. The molecule has 0 fully saturated rings. The number of rotatable bonds is 4. The summed E-state index contributed by atoms with van der Waals surface area (Å²) in [4.78, 5) is 19.4. The van der Waals surface area contributed by atoms with Crippen molar-refractivity contribution < 1.29 is 24.2 Å². The molecule has 0 aliphatic carbocycles. The lowest BCUT2D eigenvalue weighted by molar-refractivity contribution is -0.141. The van der Waals surface area contributed by atoms with E-state index >= 15 is 0 Å². The maximum atomic E-state index is 9.92. The van der Waals surface area contributed by atoms with Crippen LogP contribution in [0.5, 0.6) is 0 Å². The first-order valence-corrected chi connectivity index (χ1v) is 3.23. The first-order chi connectivity index (χ1) is 5.54. The molecule has 0 rings (SSSR count). The minimum Gasteiger partial charge on any atom is -0.480 e. The third kappa shape index (κ3) is 23.0. The van der Waals surface area contributed by atoms with Crippen LogP contribution in [0.4, 0.5) is 0 Å². The average molecular weight is 178 g/mol. The molecule has 0 aliphatic rings. The number of carboxylic acid groups (broad SMARTS) is 1. The molecule has 0 spiro atoms. The zero-order valence-corrected chi connectivity index (χ0v) is 7.49. The van der Waals surface area contributed by atoms with Crippen molar-refractivity contribution in [2.75, 3.05) is 27.4 Å². The monoisotopic (exact) mass is 178 g/mol. The van der Waals surface area contributed by atoms with Gasteiger partial charge in [0.2, 0.25) is 0 Å². The van der Waals surface area contributed by atoms with E-state index in [0.717, 1.165) is 0 Å². The summed E-state index contributed by atoms with van der Waals surface area (Å²) in [5, 5.41) is 7.79. The van der Waals surface area contributed by atoms with E-state index in [4.69, 9.17) is 5.11 Å². The Morgan fingerprint density at radius 2 is 1.58 bits per heavy atom. The second-order valence-electron chi connectivity index (χ2n) is 1.96. The highest BCUT2D eigenvalue weighted by atomic mass is 16.5. The molecular weight excluding hydrogens is 164 g/mol. The average Bonchev–Trinajstić information content (AvgIpc) is 1.87. The molecule has 0 bridgehead atoms. The molecule has 0 atom stereocenters. The van der Waals surface area contributed by atoms with Gasteiger partial charge >= 0.3 is 5.97 Å². The Balaban J connectivity index is 0. The lowest BCUT2D eigenvalue weighted by Gasteiger charge is -1.84. The fourth-order valence-corrected chi connectivity index (χ4v) is 0.327. The molecule has 0 aromatic rings. The van der Waals surface area contributed by atoms with E-state index in [1.807, 2.05) is 0 Å². The largest absolute Gasteiger partial charge is 0.480 e. The van der Waals surface area contributed by atoms with Crippen molar-refractivity contribution >= 4 is 11.8 Å². The summed E-state index contributed by atoms with van der Waals surface area (Å²) >= 11 is 0. The van der Waals surface area contributed by atoms with Crippen LogP contribution < -0.4 is 0 Å². The van der Waals surface area contributed by atoms with Gasteiger partial charge in [-0.05, 0) is 6.92 Å². The van der Waals surface area contributed by atoms with Crippen molar-refractivity contribution in [3.63, 3.8) is 0 Å². The van der Waals surface area contributed by atoms with E-state index < -0.39 is 5.97 Å². The molecule has 5 heteroatoms. The zero-order chi connectivity index (χ0) is 9.98. The Morgan fingerprint density at radius 3 is 1.58 bits per heavy atom. The Hall–Kier alpha value is -0.940. The SMILES string of the molecule is COCC(=O)O.COCC(C)=O. The molecule has 1 N–H and O–H groups in total. The molecule has 0 aliphatic heterocycles. The number of carboxylic acids is 1. The number of hydrogen-bond acceptors (Lipinski definition) is 4. The third-order valence-corrected chi connectivity index (χ3v) is 0.615. The smallest absolute Gasteiger partial charge is 0.329 e. The van der Waals surface area contributed by atoms with Crippen LogP contribution in [-0.4, -0.2) is 44.3 Å². The molecule has 0 radical (unpaired) electrons. The summed E-state index contributed by atoms with van der Waals surface area (Å²) in [6.45, 7) is 1.52. The summed E-state index contributed by atoms with van der Waals surface area (Å²) < 4.78 is 8.66. The van der Waals surface area contributed by atoms with Crippen molar-refractivity contribution in [2.45, 2.75) is 6.92 Å². The van der Waals surface area contributed by atoms with Gasteiger partial charge in [0.15, 0.2) is 5.78 Å². The van der Waals surface area contributed by atoms with E-state index in [0.29, 0.717) is 0 Å². The number of carbonyl (C=O) groups is 2. The van der Waals surface area contributed by atoms with Crippen LogP contribution in [0.3, 0.4) is 0 Å². The number of ether oxygens (including phenoxy) is 2. The zero-order valence-electron chi connectivity index (χ0n) is 7.49. The maximum absolute atomic E-state index is 9.92. The number of Topliss-reactive ketones (excluding diaryl/α,β-unsaturated/α-hetero) is 1. The lowest BCUT2D eigenvalue weighted by atomic mass is 10.5. The van der Waals surface area contributed by atoms with Crippen LogP contribution in [0.1, 0.15) is 6.92 Å². The molecule has 0 unspecified atom stereocenters. The number of hydrogen-bond donors (Lipinski definition) is 1. The van der Waals surface area contributed by atoms with Gasteiger partial charge in [0, 0.05) is 14.2 Å². The number of carbonyl (C=O) groups excluding carboxylic acids is 1. The van der Waals surface area contributed by atoms with Crippen molar-refractivity contribution in [1.82, 2.24) is 0 Å². The van der Waals surface area contributed by atoms with Gasteiger partial charge in [-0.1, -0.05) is 0 Å². The predicted molar refractivity (Wildman–Crippen MR) is 42.1 cm³/mol.